The fourth-order valence-corrected chi connectivity index (χ4v) is 1.55. The maximum Gasteiger partial charge on any atom is 0.433 e. The highest BCUT2D eigenvalue weighted by atomic mass is 19.4. The van der Waals surface area contributed by atoms with Gasteiger partial charge in [0.05, 0.1) is 11.9 Å². The van der Waals surface area contributed by atoms with Crippen molar-refractivity contribution in [2.24, 2.45) is 5.92 Å². The van der Waals surface area contributed by atoms with Crippen LogP contribution in [0.1, 0.15) is 32.4 Å². The monoisotopic (exact) mass is 246 g/mol. The first kappa shape index (κ1) is 13.8. The first-order valence-corrected chi connectivity index (χ1v) is 5.70. The van der Waals surface area contributed by atoms with Gasteiger partial charge in [-0.25, -0.2) is 4.98 Å². The molecule has 0 aliphatic rings. The number of alkyl halides is 3. The molecule has 5 heteroatoms. The Labute approximate surface area is 99.3 Å². The minimum Gasteiger partial charge on any atom is -0.384 e. The number of aromatic nitrogens is 1. The molecule has 0 aliphatic heterocycles. The van der Waals surface area contributed by atoms with E-state index in [-0.39, 0.29) is 0 Å². The van der Waals surface area contributed by atoms with Gasteiger partial charge in [0.25, 0.3) is 0 Å². The Kier molecular flexibility index (Phi) is 4.78. The Hall–Kier alpha value is -1.26. The number of rotatable bonds is 5. The Morgan fingerprint density at radius 1 is 1.35 bits per heavy atom. The fourth-order valence-electron chi connectivity index (χ4n) is 1.55. The van der Waals surface area contributed by atoms with Crippen molar-refractivity contribution < 1.29 is 13.2 Å². The predicted molar refractivity (Wildman–Crippen MR) is 61.8 cm³/mol. The van der Waals surface area contributed by atoms with Crippen LogP contribution in [-0.4, -0.2) is 11.5 Å². The van der Waals surface area contributed by atoms with Gasteiger partial charge in [-0.2, -0.15) is 13.2 Å². The number of anilines is 1. The molecule has 96 valence electrons. The standard InChI is InChI=1S/C12H17F3N2/c1-3-4-9(2)7-16-10-5-6-11(17-8-10)12(13,14)15/h5-6,8-9,16H,3-4,7H2,1-2H3. The van der Waals surface area contributed by atoms with E-state index in [0.29, 0.717) is 11.6 Å². The minimum atomic E-state index is -4.37. The lowest BCUT2D eigenvalue weighted by Crippen LogP contribution is -2.12. The minimum absolute atomic E-state index is 0.502. The molecule has 0 saturated heterocycles. The third kappa shape index (κ3) is 4.63. The van der Waals surface area contributed by atoms with Crippen LogP contribution >= 0.6 is 0 Å². The highest BCUT2D eigenvalue weighted by Crippen LogP contribution is 2.27. The second kappa shape index (κ2) is 5.89. The molecule has 0 spiro atoms. The van der Waals surface area contributed by atoms with Gasteiger partial charge in [0.15, 0.2) is 0 Å². The predicted octanol–water partition coefficient (Wildman–Crippen LogP) is 3.95. The summed E-state index contributed by atoms with van der Waals surface area (Å²) in [7, 11) is 0. The Balaban J connectivity index is 2.51. The van der Waals surface area contributed by atoms with E-state index in [0.717, 1.165) is 25.5 Å². The van der Waals surface area contributed by atoms with Gasteiger partial charge in [0.1, 0.15) is 5.69 Å². The quantitative estimate of drug-likeness (QED) is 0.850. The highest BCUT2D eigenvalue weighted by Gasteiger charge is 2.31. The Morgan fingerprint density at radius 3 is 2.53 bits per heavy atom. The molecule has 1 aromatic heterocycles. The molecule has 2 nitrogen and oxygen atoms in total. The zero-order valence-electron chi connectivity index (χ0n) is 10.0. The maximum absolute atomic E-state index is 12.3. The van der Waals surface area contributed by atoms with Gasteiger partial charge in [0.2, 0.25) is 0 Å². The zero-order chi connectivity index (χ0) is 12.9. The molecule has 1 N–H and O–H groups in total. The SMILES string of the molecule is CCCC(C)CNc1ccc(C(F)(F)F)nc1. The smallest absolute Gasteiger partial charge is 0.384 e. The first-order chi connectivity index (χ1) is 7.93. The molecule has 0 radical (unpaired) electrons. The Morgan fingerprint density at radius 2 is 2.06 bits per heavy atom. The van der Waals surface area contributed by atoms with Gasteiger partial charge >= 0.3 is 6.18 Å². The van der Waals surface area contributed by atoms with Crippen molar-refractivity contribution in [2.75, 3.05) is 11.9 Å². The molecule has 0 aliphatic carbocycles. The van der Waals surface area contributed by atoms with Crippen LogP contribution in [0.3, 0.4) is 0 Å². The van der Waals surface area contributed by atoms with E-state index >= 15 is 0 Å². The molecular formula is C12H17F3N2. The van der Waals surface area contributed by atoms with E-state index in [4.69, 9.17) is 0 Å². The van der Waals surface area contributed by atoms with Crippen molar-refractivity contribution in [1.29, 1.82) is 0 Å². The molecule has 1 atom stereocenters. The summed E-state index contributed by atoms with van der Waals surface area (Å²) < 4.78 is 36.8. The van der Waals surface area contributed by atoms with E-state index in [9.17, 15) is 13.2 Å². The molecule has 1 rings (SSSR count). The van der Waals surface area contributed by atoms with Crippen molar-refractivity contribution in [3.05, 3.63) is 24.0 Å². The second-order valence-corrected chi connectivity index (χ2v) is 4.20. The van der Waals surface area contributed by atoms with Crippen LogP contribution in [0.4, 0.5) is 18.9 Å². The first-order valence-electron chi connectivity index (χ1n) is 5.70. The molecule has 0 amide bonds. The number of nitrogens with zero attached hydrogens (tertiary/aromatic N) is 1. The Bertz CT molecular complexity index is 333. The van der Waals surface area contributed by atoms with E-state index in [2.05, 4.69) is 24.1 Å². The molecular weight excluding hydrogens is 229 g/mol. The number of hydrogen-bond donors (Lipinski definition) is 1. The number of halogens is 3. The van der Waals surface area contributed by atoms with Crippen molar-refractivity contribution in [1.82, 2.24) is 4.98 Å². The number of hydrogen-bond acceptors (Lipinski definition) is 2. The van der Waals surface area contributed by atoms with Crippen LogP contribution in [0.15, 0.2) is 18.3 Å². The molecule has 0 bridgehead atoms. The number of pyridine rings is 1. The molecule has 17 heavy (non-hydrogen) atoms. The van der Waals surface area contributed by atoms with E-state index in [1.165, 1.54) is 12.3 Å². The average Bonchev–Trinajstić information content (AvgIpc) is 2.26. The molecule has 0 saturated carbocycles. The molecule has 0 fully saturated rings. The van der Waals surface area contributed by atoms with Crippen LogP contribution < -0.4 is 5.32 Å². The summed E-state index contributed by atoms with van der Waals surface area (Å²) in [5.41, 5.74) is -0.231. The number of nitrogens with one attached hydrogen (secondary N) is 1. The maximum atomic E-state index is 12.3. The van der Waals surface area contributed by atoms with Gasteiger partial charge in [-0.15, -0.1) is 0 Å². The lowest BCUT2D eigenvalue weighted by atomic mass is 10.1. The summed E-state index contributed by atoms with van der Waals surface area (Å²) in [5.74, 6) is 0.502. The third-order valence-corrected chi connectivity index (χ3v) is 2.49. The largest absolute Gasteiger partial charge is 0.433 e. The highest BCUT2D eigenvalue weighted by molar-refractivity contribution is 5.41. The average molecular weight is 246 g/mol. The van der Waals surface area contributed by atoms with Gasteiger partial charge in [0, 0.05) is 6.54 Å². The topological polar surface area (TPSA) is 24.9 Å². The third-order valence-electron chi connectivity index (χ3n) is 2.49. The molecule has 1 heterocycles. The summed E-state index contributed by atoms with van der Waals surface area (Å²) >= 11 is 0. The van der Waals surface area contributed by atoms with E-state index < -0.39 is 11.9 Å². The van der Waals surface area contributed by atoms with Crippen molar-refractivity contribution in [3.8, 4) is 0 Å². The van der Waals surface area contributed by atoms with E-state index in [1.807, 2.05) is 0 Å². The van der Waals surface area contributed by atoms with Crippen LogP contribution in [-0.2, 0) is 6.18 Å². The van der Waals surface area contributed by atoms with Crippen LogP contribution in [0.5, 0.6) is 0 Å². The van der Waals surface area contributed by atoms with E-state index in [1.54, 1.807) is 0 Å². The lowest BCUT2D eigenvalue weighted by molar-refractivity contribution is -0.141. The summed E-state index contributed by atoms with van der Waals surface area (Å²) in [4.78, 5) is 3.39. The lowest BCUT2D eigenvalue weighted by Gasteiger charge is -2.13. The second-order valence-electron chi connectivity index (χ2n) is 4.20. The van der Waals surface area contributed by atoms with Crippen molar-refractivity contribution >= 4 is 5.69 Å². The summed E-state index contributed by atoms with van der Waals surface area (Å²) in [6, 6.07) is 2.40. The molecule has 1 unspecified atom stereocenters. The summed E-state index contributed by atoms with van der Waals surface area (Å²) in [5, 5.41) is 3.08. The van der Waals surface area contributed by atoms with Crippen molar-refractivity contribution in [3.63, 3.8) is 0 Å². The summed E-state index contributed by atoms with van der Waals surface area (Å²) in [6.45, 7) is 4.96. The van der Waals surface area contributed by atoms with Gasteiger partial charge in [-0.05, 0) is 24.5 Å². The normalized spacial score (nSPS) is 13.5. The summed E-state index contributed by atoms with van der Waals surface area (Å²) in [6.07, 6.45) is -0.940. The van der Waals surface area contributed by atoms with Gasteiger partial charge in [-0.1, -0.05) is 20.3 Å². The van der Waals surface area contributed by atoms with Crippen LogP contribution in [0.25, 0.3) is 0 Å². The fraction of sp³-hybridized carbons (Fsp3) is 0.583. The van der Waals surface area contributed by atoms with Gasteiger partial charge in [-0.3, -0.25) is 0 Å². The van der Waals surface area contributed by atoms with Crippen molar-refractivity contribution in [2.45, 2.75) is 32.9 Å². The van der Waals surface area contributed by atoms with Gasteiger partial charge < -0.3 is 5.32 Å². The zero-order valence-corrected chi connectivity index (χ0v) is 10.0. The molecule has 0 aromatic carbocycles. The van der Waals surface area contributed by atoms with Crippen LogP contribution in [0.2, 0.25) is 0 Å². The molecule has 1 aromatic rings. The van der Waals surface area contributed by atoms with Crippen LogP contribution in [0, 0.1) is 5.92 Å².